The lowest BCUT2D eigenvalue weighted by molar-refractivity contribution is -0.115. The second-order valence-electron chi connectivity index (χ2n) is 6.48. The Hall–Kier alpha value is -2.78. The van der Waals surface area contributed by atoms with E-state index in [2.05, 4.69) is 20.3 Å². The van der Waals surface area contributed by atoms with E-state index in [1.807, 2.05) is 25.1 Å². The fraction of sp³-hybridized carbons (Fsp3) is 0.150. The van der Waals surface area contributed by atoms with E-state index in [1.165, 1.54) is 29.2 Å². The van der Waals surface area contributed by atoms with Crippen molar-refractivity contribution in [1.82, 2.24) is 15.0 Å². The van der Waals surface area contributed by atoms with Crippen molar-refractivity contribution in [2.75, 3.05) is 5.32 Å². The fourth-order valence-corrected chi connectivity index (χ4v) is 4.25. The number of rotatable bonds is 5. The van der Waals surface area contributed by atoms with E-state index >= 15 is 0 Å². The van der Waals surface area contributed by atoms with Crippen molar-refractivity contribution < 1.29 is 13.6 Å². The van der Waals surface area contributed by atoms with Crippen molar-refractivity contribution >= 4 is 45.2 Å². The first-order valence-corrected chi connectivity index (χ1v) is 10.5. The van der Waals surface area contributed by atoms with Crippen LogP contribution in [0.1, 0.15) is 12.5 Å². The van der Waals surface area contributed by atoms with Gasteiger partial charge < -0.3 is 10.3 Å². The van der Waals surface area contributed by atoms with Gasteiger partial charge in [0.15, 0.2) is 21.9 Å². The quantitative estimate of drug-likeness (QED) is 0.416. The molecule has 2 aromatic heterocycles. The Morgan fingerprint density at radius 2 is 2.00 bits per heavy atom. The average Bonchev–Trinajstić information content (AvgIpc) is 3.30. The van der Waals surface area contributed by atoms with Crippen LogP contribution in [0.25, 0.3) is 22.3 Å². The first-order chi connectivity index (χ1) is 13.9. The third-order valence-corrected chi connectivity index (χ3v) is 5.96. The van der Waals surface area contributed by atoms with Gasteiger partial charge in [0.05, 0.1) is 22.0 Å². The normalized spacial score (nSPS) is 12.3. The molecule has 4 rings (SSSR count). The molecule has 0 fully saturated rings. The molecule has 0 radical (unpaired) electrons. The summed E-state index contributed by atoms with van der Waals surface area (Å²) in [5.41, 5.74) is 3.82. The number of fused-ring (bicyclic) bond motifs is 1. The smallest absolute Gasteiger partial charge is 0.239 e. The highest BCUT2D eigenvalue weighted by Gasteiger charge is 2.18. The Labute approximate surface area is 173 Å². The fourth-order valence-electron chi connectivity index (χ4n) is 2.70. The van der Waals surface area contributed by atoms with Crippen molar-refractivity contribution in [2.24, 2.45) is 0 Å². The van der Waals surface area contributed by atoms with E-state index in [4.69, 9.17) is 0 Å². The molecule has 148 valence electrons. The Bertz CT molecular complexity index is 1200. The minimum atomic E-state index is -0.938. The maximum Gasteiger partial charge on any atom is 0.239 e. The van der Waals surface area contributed by atoms with E-state index in [0.29, 0.717) is 21.5 Å². The SMILES string of the molecule is Cc1ccc2nc(SC(C)C(=O)Nc3nc(-c4ccc(F)c(F)c4)cs3)[nH]c2c1. The third kappa shape index (κ3) is 4.30. The summed E-state index contributed by atoms with van der Waals surface area (Å²) in [5.74, 6) is -2.07. The van der Waals surface area contributed by atoms with Crippen molar-refractivity contribution in [3.05, 3.63) is 59.0 Å². The summed E-state index contributed by atoms with van der Waals surface area (Å²) < 4.78 is 26.5. The molecule has 0 aliphatic carbocycles. The molecular formula is C20H16F2N4OS2. The second kappa shape index (κ2) is 7.92. The highest BCUT2D eigenvalue weighted by molar-refractivity contribution is 8.00. The number of hydrogen-bond acceptors (Lipinski definition) is 5. The van der Waals surface area contributed by atoms with Gasteiger partial charge in [-0.1, -0.05) is 17.8 Å². The van der Waals surface area contributed by atoms with Gasteiger partial charge >= 0.3 is 0 Å². The van der Waals surface area contributed by atoms with Gasteiger partial charge in [0.25, 0.3) is 0 Å². The van der Waals surface area contributed by atoms with Crippen molar-refractivity contribution in [2.45, 2.75) is 24.3 Å². The number of nitrogens with zero attached hydrogens (tertiary/aromatic N) is 2. The molecule has 0 saturated carbocycles. The lowest BCUT2D eigenvalue weighted by atomic mass is 10.2. The molecule has 0 aliphatic heterocycles. The predicted molar refractivity (Wildman–Crippen MR) is 112 cm³/mol. The molecule has 29 heavy (non-hydrogen) atoms. The zero-order chi connectivity index (χ0) is 20.5. The largest absolute Gasteiger partial charge is 0.333 e. The number of aryl methyl sites for hydroxylation is 1. The van der Waals surface area contributed by atoms with Gasteiger partial charge in [-0.15, -0.1) is 11.3 Å². The van der Waals surface area contributed by atoms with Crippen molar-refractivity contribution in [3.63, 3.8) is 0 Å². The van der Waals surface area contributed by atoms with E-state index in [-0.39, 0.29) is 5.91 Å². The molecule has 1 amide bonds. The monoisotopic (exact) mass is 430 g/mol. The lowest BCUT2D eigenvalue weighted by Crippen LogP contribution is -2.22. The number of halogens is 2. The van der Waals surface area contributed by atoms with Gasteiger partial charge in [-0.05, 0) is 49.7 Å². The number of imidazole rings is 1. The Kier molecular flexibility index (Phi) is 5.33. The van der Waals surface area contributed by atoms with E-state index in [0.717, 1.165) is 28.7 Å². The maximum atomic E-state index is 13.4. The number of hydrogen-bond donors (Lipinski definition) is 2. The first-order valence-electron chi connectivity index (χ1n) is 8.74. The topological polar surface area (TPSA) is 70.7 Å². The summed E-state index contributed by atoms with van der Waals surface area (Å²) >= 11 is 2.54. The van der Waals surface area contributed by atoms with Crippen LogP contribution in [0.5, 0.6) is 0 Å². The molecule has 0 spiro atoms. The summed E-state index contributed by atoms with van der Waals surface area (Å²) in [4.78, 5) is 24.5. The van der Waals surface area contributed by atoms with Crippen LogP contribution in [0.4, 0.5) is 13.9 Å². The van der Waals surface area contributed by atoms with E-state index in [1.54, 1.807) is 12.3 Å². The Morgan fingerprint density at radius 3 is 2.79 bits per heavy atom. The van der Waals surface area contributed by atoms with Crippen LogP contribution in [0.2, 0.25) is 0 Å². The summed E-state index contributed by atoms with van der Waals surface area (Å²) in [6.07, 6.45) is 0. The van der Waals surface area contributed by atoms with Crippen molar-refractivity contribution in [3.8, 4) is 11.3 Å². The number of H-pyrrole nitrogens is 1. The van der Waals surface area contributed by atoms with Crippen LogP contribution >= 0.6 is 23.1 Å². The van der Waals surface area contributed by atoms with Crippen LogP contribution in [0, 0.1) is 18.6 Å². The number of aromatic nitrogens is 3. The molecule has 2 aromatic carbocycles. The van der Waals surface area contributed by atoms with Gasteiger partial charge in [-0.3, -0.25) is 4.79 Å². The van der Waals surface area contributed by atoms with Crippen molar-refractivity contribution in [1.29, 1.82) is 0 Å². The molecule has 2 N–H and O–H groups in total. The minimum absolute atomic E-state index is 0.224. The van der Waals surface area contributed by atoms with Gasteiger partial charge in [-0.25, -0.2) is 18.7 Å². The summed E-state index contributed by atoms with van der Waals surface area (Å²) in [7, 11) is 0. The molecule has 1 atom stereocenters. The zero-order valence-corrected chi connectivity index (χ0v) is 17.1. The highest BCUT2D eigenvalue weighted by Crippen LogP contribution is 2.28. The van der Waals surface area contributed by atoms with Crippen LogP contribution in [-0.4, -0.2) is 26.1 Å². The molecule has 1 unspecified atom stereocenters. The van der Waals surface area contributed by atoms with Crippen LogP contribution in [0.15, 0.2) is 46.9 Å². The average molecular weight is 431 g/mol. The van der Waals surface area contributed by atoms with Gasteiger partial charge in [0, 0.05) is 10.9 Å². The van der Waals surface area contributed by atoms with E-state index < -0.39 is 16.9 Å². The molecule has 0 bridgehead atoms. The molecule has 4 aromatic rings. The number of thioether (sulfide) groups is 1. The van der Waals surface area contributed by atoms with Gasteiger partial charge in [0.2, 0.25) is 5.91 Å². The van der Waals surface area contributed by atoms with Crippen LogP contribution in [-0.2, 0) is 4.79 Å². The number of anilines is 1. The number of nitrogens with one attached hydrogen (secondary N) is 2. The third-order valence-electron chi connectivity index (χ3n) is 4.22. The number of aromatic amines is 1. The number of thiazole rings is 1. The predicted octanol–water partition coefficient (Wildman–Crippen LogP) is 5.39. The number of benzene rings is 2. The molecule has 0 aliphatic rings. The standard InChI is InChI=1S/C20H16F2N4OS2/c1-10-3-6-15-16(7-10)24-20(23-15)29-11(2)18(27)26-19-25-17(9-28-19)12-4-5-13(21)14(22)8-12/h3-9,11H,1-2H3,(H,23,24)(H,25,26,27). The van der Waals surface area contributed by atoms with Gasteiger partial charge in [-0.2, -0.15) is 0 Å². The zero-order valence-electron chi connectivity index (χ0n) is 15.5. The lowest BCUT2D eigenvalue weighted by Gasteiger charge is -2.08. The maximum absolute atomic E-state index is 13.4. The first kappa shape index (κ1) is 19.5. The Balaban J connectivity index is 1.43. The molecule has 0 saturated heterocycles. The highest BCUT2D eigenvalue weighted by atomic mass is 32.2. The number of carbonyl (C=O) groups is 1. The summed E-state index contributed by atoms with van der Waals surface area (Å²) in [5, 5.41) is 5.08. The number of carbonyl (C=O) groups excluding carboxylic acids is 1. The molecule has 5 nitrogen and oxygen atoms in total. The summed E-state index contributed by atoms with van der Waals surface area (Å²) in [6.45, 7) is 3.79. The second-order valence-corrected chi connectivity index (χ2v) is 8.67. The summed E-state index contributed by atoms with van der Waals surface area (Å²) in [6, 6.07) is 9.51. The van der Waals surface area contributed by atoms with Crippen LogP contribution < -0.4 is 5.32 Å². The number of amides is 1. The molecular weight excluding hydrogens is 414 g/mol. The molecule has 9 heteroatoms. The molecule has 2 heterocycles. The van der Waals surface area contributed by atoms with E-state index in [9.17, 15) is 13.6 Å². The van der Waals surface area contributed by atoms with Gasteiger partial charge in [0.1, 0.15) is 0 Å². The Morgan fingerprint density at radius 1 is 1.17 bits per heavy atom. The van der Waals surface area contributed by atoms with Crippen LogP contribution in [0.3, 0.4) is 0 Å². The minimum Gasteiger partial charge on any atom is -0.333 e.